The molecule has 75 valence electrons. The number of hydrogen-bond acceptors (Lipinski definition) is 2. The van der Waals surface area contributed by atoms with Gasteiger partial charge in [-0.15, -0.1) is 0 Å². The number of rotatable bonds is 1. The van der Waals surface area contributed by atoms with E-state index in [2.05, 4.69) is 12.1 Å². The predicted octanol–water partition coefficient (Wildman–Crippen LogP) is 3.16. The van der Waals surface area contributed by atoms with Crippen molar-refractivity contribution in [1.82, 2.24) is 0 Å². The highest BCUT2D eigenvalue weighted by atomic mass is 14.3. The van der Waals surface area contributed by atoms with E-state index in [4.69, 9.17) is 10.5 Å². The smallest absolute Gasteiger partial charge is 0.101 e. The van der Waals surface area contributed by atoms with Gasteiger partial charge in [-0.1, -0.05) is 31.2 Å². The molecule has 2 aromatic carbocycles. The Morgan fingerprint density at radius 2 is 1.88 bits per heavy atom. The summed E-state index contributed by atoms with van der Waals surface area (Å²) >= 11 is 0. The quantitative estimate of drug-likeness (QED) is 0.717. The van der Waals surface area contributed by atoms with Gasteiger partial charge in [-0.2, -0.15) is 10.5 Å². The van der Waals surface area contributed by atoms with Crippen molar-refractivity contribution in [3.8, 4) is 12.1 Å². The zero-order chi connectivity index (χ0) is 11.5. The molecule has 0 aliphatic rings. The molecule has 1 radical (unpaired) electrons. The second kappa shape index (κ2) is 4.04. The fraction of sp³-hybridized carbons (Fsp3) is 0.0714. The van der Waals surface area contributed by atoms with E-state index in [-0.39, 0.29) is 0 Å². The van der Waals surface area contributed by atoms with Crippen molar-refractivity contribution < 1.29 is 0 Å². The van der Waals surface area contributed by atoms with Crippen molar-refractivity contribution in [2.45, 2.75) is 6.92 Å². The number of nitrogens with zero attached hydrogens (tertiary/aromatic N) is 2. The van der Waals surface area contributed by atoms with Gasteiger partial charge < -0.3 is 0 Å². The van der Waals surface area contributed by atoms with Crippen LogP contribution in [-0.4, -0.2) is 0 Å². The van der Waals surface area contributed by atoms with Crippen molar-refractivity contribution in [3.05, 3.63) is 53.4 Å². The maximum atomic E-state index is 9.10. The Kier molecular flexibility index (Phi) is 2.58. The lowest BCUT2D eigenvalue weighted by molar-refractivity contribution is 1.37. The van der Waals surface area contributed by atoms with E-state index in [0.29, 0.717) is 11.1 Å². The zero-order valence-electron chi connectivity index (χ0n) is 8.86. The van der Waals surface area contributed by atoms with Gasteiger partial charge in [0.25, 0.3) is 0 Å². The molecule has 0 heterocycles. The molecule has 0 unspecified atom stereocenters. The van der Waals surface area contributed by atoms with E-state index in [0.717, 1.165) is 16.3 Å². The Hall–Kier alpha value is -2.32. The highest BCUT2D eigenvalue weighted by Crippen LogP contribution is 2.26. The van der Waals surface area contributed by atoms with Gasteiger partial charge in [-0.25, -0.2) is 0 Å². The van der Waals surface area contributed by atoms with Crippen molar-refractivity contribution >= 4 is 10.8 Å². The van der Waals surface area contributed by atoms with Crippen LogP contribution in [0.25, 0.3) is 10.8 Å². The normalized spacial score (nSPS) is 9.69. The summed E-state index contributed by atoms with van der Waals surface area (Å²) in [5.41, 5.74) is 1.75. The van der Waals surface area contributed by atoms with Gasteiger partial charge in [-0.05, 0) is 28.8 Å². The third-order valence-electron chi connectivity index (χ3n) is 2.61. The van der Waals surface area contributed by atoms with Gasteiger partial charge in [0.05, 0.1) is 11.1 Å². The van der Waals surface area contributed by atoms with E-state index in [1.807, 2.05) is 37.6 Å². The molecule has 2 heteroatoms. The monoisotopic (exact) mass is 205 g/mol. The maximum absolute atomic E-state index is 9.10. The number of nitriles is 2. The summed E-state index contributed by atoms with van der Waals surface area (Å²) in [6, 6.07) is 13.7. The molecule has 0 bridgehead atoms. The van der Waals surface area contributed by atoms with Crippen LogP contribution in [0, 0.1) is 29.1 Å². The van der Waals surface area contributed by atoms with Gasteiger partial charge in [0.1, 0.15) is 12.1 Å². The van der Waals surface area contributed by atoms with Gasteiger partial charge in [-0.3, -0.25) is 0 Å². The highest BCUT2D eigenvalue weighted by Gasteiger charge is 2.11. The molecule has 0 N–H and O–H groups in total. The molecule has 0 amide bonds. The van der Waals surface area contributed by atoms with Crippen molar-refractivity contribution in [2.75, 3.05) is 0 Å². The summed E-state index contributed by atoms with van der Waals surface area (Å²) < 4.78 is 0. The van der Waals surface area contributed by atoms with Crippen LogP contribution in [0.5, 0.6) is 0 Å². The molecular formula is C14H9N2. The largest absolute Gasteiger partial charge is 0.192 e. The molecule has 0 aromatic heterocycles. The van der Waals surface area contributed by atoms with Crippen molar-refractivity contribution in [2.24, 2.45) is 0 Å². The fourth-order valence-electron chi connectivity index (χ4n) is 1.88. The summed E-state index contributed by atoms with van der Waals surface area (Å²) in [4.78, 5) is 0. The number of fused-ring (bicyclic) bond motifs is 1. The number of hydrogen-bond donors (Lipinski definition) is 0. The lowest BCUT2D eigenvalue weighted by Gasteiger charge is -2.07. The molecule has 2 aromatic rings. The Morgan fingerprint density at radius 3 is 2.50 bits per heavy atom. The summed E-state index contributed by atoms with van der Waals surface area (Å²) in [6.07, 6.45) is 1.88. The van der Waals surface area contributed by atoms with Gasteiger partial charge in [0, 0.05) is 0 Å². The van der Waals surface area contributed by atoms with E-state index in [1.54, 1.807) is 6.07 Å². The van der Waals surface area contributed by atoms with Crippen molar-refractivity contribution in [1.29, 1.82) is 10.5 Å². The summed E-state index contributed by atoms with van der Waals surface area (Å²) in [5, 5.41) is 20.1. The average Bonchev–Trinajstić information content (AvgIpc) is 2.36. The van der Waals surface area contributed by atoms with Gasteiger partial charge >= 0.3 is 0 Å². The van der Waals surface area contributed by atoms with Crippen LogP contribution in [0.1, 0.15) is 23.6 Å². The minimum absolute atomic E-state index is 0.439. The Balaban J connectivity index is 2.96. The summed E-state index contributed by atoms with van der Waals surface area (Å²) in [5.74, 6) is 0. The van der Waals surface area contributed by atoms with E-state index in [1.165, 1.54) is 0 Å². The average molecular weight is 205 g/mol. The molecular weight excluding hydrogens is 196 g/mol. The van der Waals surface area contributed by atoms with Crippen LogP contribution in [0.2, 0.25) is 0 Å². The van der Waals surface area contributed by atoms with Crippen molar-refractivity contribution in [3.63, 3.8) is 0 Å². The third kappa shape index (κ3) is 1.42. The summed E-state index contributed by atoms with van der Waals surface area (Å²) in [6.45, 7) is 1.88. The lowest BCUT2D eigenvalue weighted by atomic mass is 9.94. The van der Waals surface area contributed by atoms with Crippen LogP contribution in [0.3, 0.4) is 0 Å². The molecule has 2 rings (SSSR count). The lowest BCUT2D eigenvalue weighted by Crippen LogP contribution is -1.93. The molecule has 2 nitrogen and oxygen atoms in total. The summed E-state index contributed by atoms with van der Waals surface area (Å²) in [7, 11) is 0. The Morgan fingerprint density at radius 1 is 1.12 bits per heavy atom. The maximum Gasteiger partial charge on any atom is 0.101 e. The molecule has 16 heavy (non-hydrogen) atoms. The number of benzene rings is 2. The van der Waals surface area contributed by atoms with E-state index in [9.17, 15) is 0 Å². The molecule has 0 aliphatic carbocycles. The Bertz CT molecular complexity index is 627. The predicted molar refractivity (Wildman–Crippen MR) is 62.5 cm³/mol. The van der Waals surface area contributed by atoms with Gasteiger partial charge in [0.15, 0.2) is 0 Å². The van der Waals surface area contributed by atoms with E-state index >= 15 is 0 Å². The highest BCUT2D eigenvalue weighted by molar-refractivity contribution is 5.90. The second-order valence-corrected chi connectivity index (χ2v) is 3.45. The molecule has 0 saturated heterocycles. The first kappa shape index (κ1) is 10.2. The molecule has 0 saturated carbocycles. The minimum Gasteiger partial charge on any atom is -0.192 e. The molecule has 0 aliphatic heterocycles. The molecule has 0 atom stereocenters. The second-order valence-electron chi connectivity index (χ2n) is 3.45. The first-order chi connectivity index (χ1) is 7.81. The minimum atomic E-state index is 0.439. The Labute approximate surface area is 94.4 Å². The molecule has 0 spiro atoms. The van der Waals surface area contributed by atoms with Gasteiger partial charge in [0.2, 0.25) is 0 Å². The third-order valence-corrected chi connectivity index (χ3v) is 2.61. The van der Waals surface area contributed by atoms with Crippen LogP contribution >= 0.6 is 0 Å². The van der Waals surface area contributed by atoms with Crippen LogP contribution < -0.4 is 0 Å². The zero-order valence-corrected chi connectivity index (χ0v) is 8.86. The topological polar surface area (TPSA) is 47.6 Å². The SMILES string of the molecule is C[CH]c1c(C#N)c(C#N)cc2ccccc12. The molecule has 0 fully saturated rings. The standard InChI is InChI=1S/C14H9N2/c1-2-12-13-6-4-3-5-10(13)7-11(8-15)14(12)9-16/h2-7H,1H3. The van der Waals surface area contributed by atoms with Crippen LogP contribution in [-0.2, 0) is 0 Å². The van der Waals surface area contributed by atoms with Crippen LogP contribution in [0.4, 0.5) is 0 Å². The first-order valence-corrected chi connectivity index (χ1v) is 4.97. The van der Waals surface area contributed by atoms with E-state index < -0.39 is 0 Å². The van der Waals surface area contributed by atoms with Crippen LogP contribution in [0.15, 0.2) is 30.3 Å². The fourth-order valence-corrected chi connectivity index (χ4v) is 1.88. The first-order valence-electron chi connectivity index (χ1n) is 4.97.